The minimum absolute atomic E-state index is 0.586. The Kier molecular flexibility index (Phi) is 6.39. The van der Waals surface area contributed by atoms with E-state index < -0.39 is 0 Å². The van der Waals surface area contributed by atoms with Crippen LogP contribution >= 0.6 is 11.3 Å². The van der Waals surface area contributed by atoms with Crippen LogP contribution < -0.4 is 0 Å². The van der Waals surface area contributed by atoms with Gasteiger partial charge >= 0.3 is 0 Å². The van der Waals surface area contributed by atoms with Crippen LogP contribution in [0.5, 0.6) is 0 Å². The van der Waals surface area contributed by atoms with Crippen molar-refractivity contribution in [1.82, 2.24) is 19.5 Å². The molecule has 0 aliphatic carbocycles. The van der Waals surface area contributed by atoms with Crippen molar-refractivity contribution in [2.45, 2.75) is 0 Å². The van der Waals surface area contributed by atoms with Crippen molar-refractivity contribution in [2.75, 3.05) is 0 Å². The monoisotopic (exact) mass is 680 g/mol. The Hall–Kier alpha value is -6.69. The molecular formula is C47H28N4S. The number of fused-ring (bicyclic) bond motifs is 9. The highest BCUT2D eigenvalue weighted by Gasteiger charge is 2.22. The van der Waals surface area contributed by atoms with Crippen molar-refractivity contribution in [3.05, 3.63) is 170 Å². The summed E-state index contributed by atoms with van der Waals surface area (Å²) >= 11 is 1.84. The SMILES string of the molecule is c1ccc(-c2nc(-c3ccc4ccccc4c3)nc(-n3c4ccc5ccccc5c4c4cccc(-c5ccc6c(c5)sc5ccccc56)c43)n2)cc1. The van der Waals surface area contributed by atoms with Gasteiger partial charge in [0.15, 0.2) is 11.6 Å². The third-order valence-electron chi connectivity index (χ3n) is 10.2. The molecule has 0 saturated heterocycles. The summed E-state index contributed by atoms with van der Waals surface area (Å²) in [7, 11) is 0. The second-order valence-electron chi connectivity index (χ2n) is 13.2. The lowest BCUT2D eigenvalue weighted by Crippen LogP contribution is -2.07. The molecule has 0 atom stereocenters. The average Bonchev–Trinajstić information content (AvgIpc) is 3.76. The highest BCUT2D eigenvalue weighted by molar-refractivity contribution is 7.25. The van der Waals surface area contributed by atoms with Crippen molar-refractivity contribution in [3.63, 3.8) is 0 Å². The number of benzene rings is 8. The van der Waals surface area contributed by atoms with E-state index in [1.165, 1.54) is 41.7 Å². The number of rotatable bonds is 4. The van der Waals surface area contributed by atoms with Crippen LogP contribution in [-0.4, -0.2) is 19.5 Å². The first-order chi connectivity index (χ1) is 25.8. The van der Waals surface area contributed by atoms with Crippen molar-refractivity contribution >= 4 is 74.9 Å². The van der Waals surface area contributed by atoms with E-state index in [1.807, 2.05) is 29.5 Å². The first-order valence-corrected chi connectivity index (χ1v) is 18.3. The Labute approximate surface area is 302 Å². The molecule has 11 aromatic rings. The zero-order valence-corrected chi connectivity index (χ0v) is 28.7. The van der Waals surface area contributed by atoms with Gasteiger partial charge in [-0.05, 0) is 51.4 Å². The van der Waals surface area contributed by atoms with E-state index in [-0.39, 0.29) is 0 Å². The molecule has 5 heteroatoms. The van der Waals surface area contributed by atoms with E-state index in [0.29, 0.717) is 17.6 Å². The molecule has 3 aromatic heterocycles. The summed E-state index contributed by atoms with van der Waals surface area (Å²) in [4.78, 5) is 15.7. The highest BCUT2D eigenvalue weighted by atomic mass is 32.1. The molecule has 3 heterocycles. The zero-order valence-electron chi connectivity index (χ0n) is 27.9. The molecule has 0 fully saturated rings. The second-order valence-corrected chi connectivity index (χ2v) is 14.3. The van der Waals surface area contributed by atoms with Crippen LogP contribution in [0.25, 0.3) is 103 Å². The first kappa shape index (κ1) is 29.1. The number of hydrogen-bond donors (Lipinski definition) is 0. The van der Waals surface area contributed by atoms with Crippen LogP contribution in [0.2, 0.25) is 0 Å². The van der Waals surface area contributed by atoms with Crippen LogP contribution in [0.15, 0.2) is 170 Å². The van der Waals surface area contributed by atoms with Crippen LogP contribution in [0, 0.1) is 0 Å². The fourth-order valence-corrected chi connectivity index (χ4v) is 8.95. The Morgan fingerprint density at radius 1 is 0.404 bits per heavy atom. The number of aromatic nitrogens is 4. The van der Waals surface area contributed by atoms with Gasteiger partial charge in [-0.3, -0.25) is 4.57 Å². The van der Waals surface area contributed by atoms with Crippen molar-refractivity contribution in [3.8, 4) is 39.9 Å². The number of para-hydroxylation sites is 1. The van der Waals surface area contributed by atoms with Crippen LogP contribution in [0.1, 0.15) is 0 Å². The fourth-order valence-electron chi connectivity index (χ4n) is 7.81. The molecule has 0 radical (unpaired) electrons. The van der Waals surface area contributed by atoms with E-state index >= 15 is 0 Å². The molecule has 0 N–H and O–H groups in total. The third kappa shape index (κ3) is 4.50. The highest BCUT2D eigenvalue weighted by Crippen LogP contribution is 2.43. The zero-order chi connectivity index (χ0) is 34.2. The van der Waals surface area contributed by atoms with Gasteiger partial charge in [0.1, 0.15) is 0 Å². The van der Waals surface area contributed by atoms with Gasteiger partial charge in [-0.2, -0.15) is 9.97 Å². The third-order valence-corrected chi connectivity index (χ3v) is 11.4. The van der Waals surface area contributed by atoms with Gasteiger partial charge in [-0.25, -0.2) is 4.98 Å². The first-order valence-electron chi connectivity index (χ1n) is 17.4. The van der Waals surface area contributed by atoms with Gasteiger partial charge in [-0.15, -0.1) is 11.3 Å². The smallest absolute Gasteiger partial charge is 0.238 e. The second kappa shape index (κ2) is 11.4. The summed E-state index contributed by atoms with van der Waals surface area (Å²) in [6.45, 7) is 0. The van der Waals surface area contributed by atoms with E-state index in [4.69, 9.17) is 15.0 Å². The standard InChI is InChI=1S/C47H28N4S/c1-2-13-31(14-3-1)45-48-46(34-22-21-29-11-4-5-15-32(29)27-34)50-47(49-45)51-40-26-24-30-12-6-7-16-35(30)43(40)39-19-10-18-36(44(39)51)33-23-25-38-37-17-8-9-20-41(37)52-42(38)28-33/h1-28H. The minimum atomic E-state index is 0.586. The molecule has 0 bridgehead atoms. The van der Waals surface area contributed by atoms with Gasteiger partial charge < -0.3 is 0 Å². The lowest BCUT2D eigenvalue weighted by molar-refractivity contribution is 0.954. The van der Waals surface area contributed by atoms with E-state index in [1.54, 1.807) is 0 Å². The molecule has 0 aliphatic heterocycles. The molecular weight excluding hydrogens is 653 g/mol. The quantitative estimate of drug-likeness (QED) is 0.186. The summed E-state index contributed by atoms with van der Waals surface area (Å²) in [5.74, 6) is 1.85. The van der Waals surface area contributed by atoms with Crippen LogP contribution in [0.3, 0.4) is 0 Å². The lowest BCUT2D eigenvalue weighted by Gasteiger charge is -2.13. The van der Waals surface area contributed by atoms with Crippen molar-refractivity contribution < 1.29 is 0 Å². The minimum Gasteiger partial charge on any atom is -0.277 e. The predicted octanol–water partition coefficient (Wildman–Crippen LogP) is 12.6. The Morgan fingerprint density at radius 3 is 1.96 bits per heavy atom. The average molecular weight is 681 g/mol. The molecule has 0 aliphatic rings. The Morgan fingerprint density at radius 2 is 1.08 bits per heavy atom. The van der Waals surface area contributed by atoms with E-state index in [0.717, 1.165) is 44.1 Å². The van der Waals surface area contributed by atoms with Gasteiger partial charge in [0.05, 0.1) is 11.0 Å². The summed E-state index contributed by atoms with van der Waals surface area (Å²) in [6.07, 6.45) is 0. The Balaban J connectivity index is 1.24. The molecule has 242 valence electrons. The summed E-state index contributed by atoms with van der Waals surface area (Å²) in [5.41, 5.74) is 6.30. The lowest BCUT2D eigenvalue weighted by atomic mass is 9.99. The fraction of sp³-hybridized carbons (Fsp3) is 0. The molecule has 8 aromatic carbocycles. The van der Waals surface area contributed by atoms with Crippen LogP contribution in [0.4, 0.5) is 0 Å². The maximum Gasteiger partial charge on any atom is 0.238 e. The molecule has 0 unspecified atom stereocenters. The van der Waals surface area contributed by atoms with E-state index in [9.17, 15) is 0 Å². The molecule has 4 nitrogen and oxygen atoms in total. The van der Waals surface area contributed by atoms with Gasteiger partial charge in [-0.1, -0.05) is 146 Å². The number of nitrogens with zero attached hydrogens (tertiary/aromatic N) is 4. The number of hydrogen-bond acceptors (Lipinski definition) is 4. The molecule has 0 amide bonds. The van der Waals surface area contributed by atoms with Gasteiger partial charge in [0.2, 0.25) is 5.95 Å². The van der Waals surface area contributed by atoms with Crippen LogP contribution in [-0.2, 0) is 0 Å². The van der Waals surface area contributed by atoms with Crippen molar-refractivity contribution in [2.24, 2.45) is 0 Å². The maximum atomic E-state index is 5.32. The molecule has 52 heavy (non-hydrogen) atoms. The normalized spacial score (nSPS) is 11.8. The summed E-state index contributed by atoms with van der Waals surface area (Å²) in [5, 5.41) is 9.66. The topological polar surface area (TPSA) is 43.6 Å². The Bertz CT molecular complexity index is 3190. The summed E-state index contributed by atoms with van der Waals surface area (Å²) in [6, 6.07) is 60.3. The van der Waals surface area contributed by atoms with Gasteiger partial charge in [0, 0.05) is 47.6 Å². The molecule has 0 spiro atoms. The van der Waals surface area contributed by atoms with Crippen molar-refractivity contribution in [1.29, 1.82) is 0 Å². The maximum absolute atomic E-state index is 5.32. The van der Waals surface area contributed by atoms with Gasteiger partial charge in [0.25, 0.3) is 0 Å². The predicted molar refractivity (Wildman–Crippen MR) is 218 cm³/mol. The number of thiophene rings is 1. The molecule has 0 saturated carbocycles. The summed E-state index contributed by atoms with van der Waals surface area (Å²) < 4.78 is 4.84. The van der Waals surface area contributed by atoms with E-state index in [2.05, 4.69) is 156 Å². The molecule has 11 rings (SSSR count). The largest absolute Gasteiger partial charge is 0.277 e.